The molecule has 1 rings (SSSR count). The van der Waals surface area contributed by atoms with Crippen molar-refractivity contribution < 1.29 is 0 Å². The van der Waals surface area contributed by atoms with E-state index in [0.717, 1.165) is 16.6 Å². The molecule has 0 aliphatic rings. The number of rotatable bonds is 6. The van der Waals surface area contributed by atoms with Crippen LogP contribution in [-0.4, -0.2) is 4.98 Å². The summed E-state index contributed by atoms with van der Waals surface area (Å²) in [6.07, 6.45) is 6.50. The van der Waals surface area contributed by atoms with Crippen LogP contribution >= 0.6 is 15.9 Å². The summed E-state index contributed by atoms with van der Waals surface area (Å²) in [6.45, 7) is 2.20. The fourth-order valence-corrected chi connectivity index (χ4v) is 1.74. The maximum absolute atomic E-state index is 5.52. The van der Waals surface area contributed by atoms with Gasteiger partial charge in [0.1, 0.15) is 0 Å². The molecular formula is C11H18BrN3. The molecule has 1 unspecified atom stereocenters. The summed E-state index contributed by atoms with van der Waals surface area (Å²) >= 11 is 3.37. The minimum absolute atomic E-state index is 0.171. The summed E-state index contributed by atoms with van der Waals surface area (Å²) in [6, 6.07) is 4.16. The van der Waals surface area contributed by atoms with Crippen LogP contribution in [0.5, 0.6) is 0 Å². The molecule has 0 saturated carbocycles. The SMILES string of the molecule is CCCCCC(NN)c1ccc(Br)cn1. The Hall–Kier alpha value is -0.450. The highest BCUT2D eigenvalue weighted by molar-refractivity contribution is 9.10. The zero-order chi connectivity index (χ0) is 11.1. The number of nitrogens with two attached hydrogens (primary N) is 1. The van der Waals surface area contributed by atoms with E-state index >= 15 is 0 Å². The lowest BCUT2D eigenvalue weighted by Gasteiger charge is -2.14. The maximum Gasteiger partial charge on any atom is 0.0632 e. The lowest BCUT2D eigenvalue weighted by atomic mass is 10.1. The van der Waals surface area contributed by atoms with Crippen molar-refractivity contribution in [3.05, 3.63) is 28.5 Å². The van der Waals surface area contributed by atoms with E-state index in [1.807, 2.05) is 12.1 Å². The van der Waals surface area contributed by atoms with Crippen LogP contribution in [0, 0.1) is 0 Å². The number of pyridine rings is 1. The number of aromatic nitrogens is 1. The maximum atomic E-state index is 5.52. The molecular weight excluding hydrogens is 254 g/mol. The summed E-state index contributed by atoms with van der Waals surface area (Å²) in [5.74, 6) is 5.52. The topological polar surface area (TPSA) is 50.9 Å². The standard InChI is InChI=1S/C11H18BrN3/c1-2-3-4-5-11(15-13)10-7-6-9(12)8-14-10/h6-8,11,15H,2-5,13H2,1H3. The smallest absolute Gasteiger partial charge is 0.0632 e. The molecule has 0 aliphatic heterocycles. The van der Waals surface area contributed by atoms with Gasteiger partial charge in [-0.3, -0.25) is 16.3 Å². The van der Waals surface area contributed by atoms with Crippen LogP contribution in [0.25, 0.3) is 0 Å². The van der Waals surface area contributed by atoms with Crippen LogP contribution in [-0.2, 0) is 0 Å². The van der Waals surface area contributed by atoms with E-state index in [4.69, 9.17) is 5.84 Å². The molecule has 1 heterocycles. The highest BCUT2D eigenvalue weighted by Gasteiger charge is 2.09. The molecule has 0 aromatic carbocycles. The zero-order valence-corrected chi connectivity index (χ0v) is 10.6. The Kier molecular flexibility index (Phi) is 5.83. The van der Waals surface area contributed by atoms with Crippen molar-refractivity contribution in [1.82, 2.24) is 10.4 Å². The molecule has 0 amide bonds. The van der Waals surface area contributed by atoms with Crippen molar-refractivity contribution in [2.24, 2.45) is 5.84 Å². The first-order valence-corrected chi connectivity index (χ1v) is 6.14. The minimum Gasteiger partial charge on any atom is -0.271 e. The van der Waals surface area contributed by atoms with Gasteiger partial charge >= 0.3 is 0 Å². The Morgan fingerprint density at radius 2 is 2.27 bits per heavy atom. The van der Waals surface area contributed by atoms with Gasteiger partial charge in [0.2, 0.25) is 0 Å². The number of nitrogens with one attached hydrogen (secondary N) is 1. The Morgan fingerprint density at radius 1 is 1.47 bits per heavy atom. The van der Waals surface area contributed by atoms with E-state index in [9.17, 15) is 0 Å². The summed E-state index contributed by atoms with van der Waals surface area (Å²) < 4.78 is 0.996. The molecule has 0 saturated heterocycles. The number of halogens is 1. The Balaban J connectivity index is 2.53. The van der Waals surface area contributed by atoms with Crippen molar-refractivity contribution in [3.63, 3.8) is 0 Å². The van der Waals surface area contributed by atoms with Gasteiger partial charge < -0.3 is 0 Å². The van der Waals surface area contributed by atoms with Gasteiger partial charge in [-0.05, 0) is 34.5 Å². The number of hydrogen-bond donors (Lipinski definition) is 2. The Labute approximate surface area is 99.6 Å². The van der Waals surface area contributed by atoms with Crippen LogP contribution in [0.2, 0.25) is 0 Å². The lowest BCUT2D eigenvalue weighted by molar-refractivity contribution is 0.477. The normalized spacial score (nSPS) is 12.7. The third-order valence-corrected chi connectivity index (χ3v) is 2.87. The predicted octanol–water partition coefficient (Wildman–Crippen LogP) is 2.93. The van der Waals surface area contributed by atoms with Gasteiger partial charge in [0.25, 0.3) is 0 Å². The van der Waals surface area contributed by atoms with Crippen molar-refractivity contribution in [3.8, 4) is 0 Å². The first-order chi connectivity index (χ1) is 7.27. The highest BCUT2D eigenvalue weighted by Crippen LogP contribution is 2.18. The lowest BCUT2D eigenvalue weighted by Crippen LogP contribution is -2.28. The molecule has 0 bridgehead atoms. The minimum atomic E-state index is 0.171. The van der Waals surface area contributed by atoms with Crippen molar-refractivity contribution in [2.75, 3.05) is 0 Å². The van der Waals surface area contributed by atoms with E-state index in [1.54, 1.807) is 6.20 Å². The van der Waals surface area contributed by atoms with Crippen molar-refractivity contribution >= 4 is 15.9 Å². The number of nitrogens with zero attached hydrogens (tertiary/aromatic N) is 1. The molecule has 15 heavy (non-hydrogen) atoms. The van der Waals surface area contributed by atoms with E-state index in [2.05, 4.69) is 33.3 Å². The summed E-state index contributed by atoms with van der Waals surface area (Å²) in [5.41, 5.74) is 3.83. The molecule has 3 N–H and O–H groups in total. The van der Waals surface area contributed by atoms with Crippen LogP contribution < -0.4 is 11.3 Å². The molecule has 0 aliphatic carbocycles. The Morgan fingerprint density at radius 3 is 2.80 bits per heavy atom. The van der Waals surface area contributed by atoms with E-state index < -0.39 is 0 Å². The molecule has 1 aromatic rings. The molecule has 0 spiro atoms. The average molecular weight is 272 g/mol. The summed E-state index contributed by atoms with van der Waals surface area (Å²) in [4.78, 5) is 4.34. The molecule has 1 aromatic heterocycles. The van der Waals surface area contributed by atoms with Gasteiger partial charge in [-0.25, -0.2) is 0 Å². The first kappa shape index (κ1) is 12.6. The van der Waals surface area contributed by atoms with E-state index in [1.165, 1.54) is 19.3 Å². The van der Waals surface area contributed by atoms with Gasteiger partial charge in [0.05, 0.1) is 11.7 Å². The monoisotopic (exact) mass is 271 g/mol. The second kappa shape index (κ2) is 6.93. The van der Waals surface area contributed by atoms with Gasteiger partial charge in [-0.2, -0.15) is 0 Å². The van der Waals surface area contributed by atoms with Crippen LogP contribution in [0.4, 0.5) is 0 Å². The predicted molar refractivity (Wildman–Crippen MR) is 66.1 cm³/mol. The Bertz CT molecular complexity index is 274. The summed E-state index contributed by atoms with van der Waals surface area (Å²) in [7, 11) is 0. The van der Waals surface area contributed by atoms with Gasteiger partial charge in [-0.15, -0.1) is 0 Å². The van der Waals surface area contributed by atoms with Crippen LogP contribution in [0.1, 0.15) is 44.3 Å². The second-order valence-electron chi connectivity index (χ2n) is 3.62. The zero-order valence-electron chi connectivity index (χ0n) is 9.04. The highest BCUT2D eigenvalue weighted by atomic mass is 79.9. The molecule has 84 valence electrons. The fraction of sp³-hybridized carbons (Fsp3) is 0.545. The first-order valence-electron chi connectivity index (χ1n) is 5.35. The van der Waals surface area contributed by atoms with Crippen molar-refractivity contribution in [2.45, 2.75) is 38.6 Å². The fourth-order valence-electron chi connectivity index (χ4n) is 1.51. The van der Waals surface area contributed by atoms with Gasteiger partial charge in [0, 0.05) is 10.7 Å². The average Bonchev–Trinajstić information content (AvgIpc) is 2.26. The number of unbranched alkanes of at least 4 members (excludes halogenated alkanes) is 2. The van der Waals surface area contributed by atoms with Crippen LogP contribution in [0.3, 0.4) is 0 Å². The molecule has 4 heteroatoms. The van der Waals surface area contributed by atoms with Gasteiger partial charge in [-0.1, -0.05) is 26.2 Å². The second-order valence-corrected chi connectivity index (χ2v) is 4.53. The van der Waals surface area contributed by atoms with E-state index in [0.29, 0.717) is 0 Å². The largest absolute Gasteiger partial charge is 0.271 e. The number of hydrazine groups is 1. The third-order valence-electron chi connectivity index (χ3n) is 2.40. The molecule has 1 atom stereocenters. The third kappa shape index (κ3) is 4.28. The molecule has 0 radical (unpaired) electrons. The van der Waals surface area contributed by atoms with Crippen LogP contribution in [0.15, 0.2) is 22.8 Å². The summed E-state index contributed by atoms with van der Waals surface area (Å²) in [5, 5.41) is 0. The van der Waals surface area contributed by atoms with E-state index in [-0.39, 0.29) is 6.04 Å². The van der Waals surface area contributed by atoms with Gasteiger partial charge in [0.15, 0.2) is 0 Å². The molecule has 3 nitrogen and oxygen atoms in total. The molecule has 0 fully saturated rings. The quantitative estimate of drug-likeness (QED) is 0.475. The van der Waals surface area contributed by atoms with Crippen molar-refractivity contribution in [1.29, 1.82) is 0 Å². The number of hydrogen-bond acceptors (Lipinski definition) is 3.